The number of likely N-dealkylation sites (tertiary alicyclic amines) is 1. The van der Waals surface area contributed by atoms with E-state index in [0.717, 1.165) is 30.2 Å². The average molecular weight is 408 g/mol. The van der Waals surface area contributed by atoms with Crippen LogP contribution in [-0.2, 0) is 6.54 Å². The Hall–Kier alpha value is -3.06. The molecule has 3 heterocycles. The van der Waals surface area contributed by atoms with Crippen LogP contribution in [0.15, 0.2) is 62.7 Å². The third-order valence-electron chi connectivity index (χ3n) is 5.44. The Bertz CT molecular complexity index is 940. The molecule has 4 rings (SSSR count). The fraction of sp³-hybridized carbons (Fsp3) is 0.391. The van der Waals surface area contributed by atoms with E-state index in [0.29, 0.717) is 24.9 Å². The first-order valence-corrected chi connectivity index (χ1v) is 10.5. The molecule has 1 aliphatic heterocycles. The number of nitrogens with zero attached hydrogens (tertiary/aromatic N) is 3. The Morgan fingerprint density at radius 2 is 1.97 bits per heavy atom. The lowest BCUT2D eigenvalue weighted by atomic mass is 10.1. The van der Waals surface area contributed by atoms with Crippen LogP contribution in [0.5, 0.6) is 0 Å². The summed E-state index contributed by atoms with van der Waals surface area (Å²) in [7, 11) is 1.76. The molecule has 7 heteroatoms. The predicted molar refractivity (Wildman–Crippen MR) is 117 cm³/mol. The van der Waals surface area contributed by atoms with E-state index < -0.39 is 0 Å². The molecular formula is C23H29N5O2. The van der Waals surface area contributed by atoms with E-state index in [1.807, 2.05) is 24.3 Å². The second kappa shape index (κ2) is 9.63. The molecule has 158 valence electrons. The molecule has 1 aliphatic rings. The molecule has 2 aromatic heterocycles. The van der Waals surface area contributed by atoms with E-state index in [2.05, 4.69) is 44.6 Å². The van der Waals surface area contributed by atoms with Crippen molar-refractivity contribution in [2.24, 2.45) is 4.99 Å². The number of hydrogen-bond acceptors (Lipinski definition) is 5. The molecule has 2 N–H and O–H groups in total. The first-order valence-electron chi connectivity index (χ1n) is 10.5. The summed E-state index contributed by atoms with van der Waals surface area (Å²) in [6.45, 7) is 5.43. The second-order valence-electron chi connectivity index (χ2n) is 7.57. The number of rotatable bonds is 7. The van der Waals surface area contributed by atoms with Gasteiger partial charge in [-0.15, -0.1) is 0 Å². The number of benzene rings is 1. The standard InChI is InChI=1S/C23H29N5O2/c1-17-7-9-18(10-8-17)21-15-25-22(30-21)16-27-23(24-2)26-14-19(20-6-5-13-29-20)28-11-3-4-12-28/h5-10,13,15,19H,3-4,11-12,14,16H2,1-2H3,(H2,24,26,27). The van der Waals surface area contributed by atoms with Gasteiger partial charge in [0.1, 0.15) is 5.76 Å². The maximum absolute atomic E-state index is 5.89. The maximum Gasteiger partial charge on any atom is 0.214 e. The summed E-state index contributed by atoms with van der Waals surface area (Å²) < 4.78 is 11.6. The molecule has 0 bridgehead atoms. The SMILES string of the molecule is CN=C(NCc1ncc(-c2ccc(C)cc2)o1)NCC(c1ccco1)N1CCCC1. The van der Waals surface area contributed by atoms with E-state index in [1.54, 1.807) is 19.5 Å². The lowest BCUT2D eigenvalue weighted by Crippen LogP contribution is -2.42. The van der Waals surface area contributed by atoms with E-state index in [4.69, 9.17) is 8.83 Å². The molecule has 0 radical (unpaired) electrons. The number of aryl methyl sites for hydroxylation is 1. The van der Waals surface area contributed by atoms with Crippen LogP contribution in [0.4, 0.5) is 0 Å². The Balaban J connectivity index is 1.33. The number of furan rings is 1. The molecule has 1 unspecified atom stereocenters. The summed E-state index contributed by atoms with van der Waals surface area (Å²) >= 11 is 0. The maximum atomic E-state index is 5.89. The Kier molecular flexibility index (Phi) is 6.49. The van der Waals surface area contributed by atoms with E-state index >= 15 is 0 Å². The topological polar surface area (TPSA) is 78.8 Å². The highest BCUT2D eigenvalue weighted by molar-refractivity contribution is 5.79. The fourth-order valence-electron chi connectivity index (χ4n) is 3.76. The van der Waals surface area contributed by atoms with Gasteiger partial charge in [0.05, 0.1) is 25.0 Å². The van der Waals surface area contributed by atoms with Crippen molar-refractivity contribution in [1.82, 2.24) is 20.5 Å². The summed E-state index contributed by atoms with van der Waals surface area (Å²) in [5, 5.41) is 6.70. The zero-order chi connectivity index (χ0) is 20.8. The van der Waals surface area contributed by atoms with Gasteiger partial charge in [-0.1, -0.05) is 29.8 Å². The molecule has 1 aromatic carbocycles. The lowest BCUT2D eigenvalue weighted by molar-refractivity contribution is 0.215. The molecule has 0 aliphatic carbocycles. The van der Waals surface area contributed by atoms with Crippen molar-refractivity contribution >= 4 is 5.96 Å². The van der Waals surface area contributed by atoms with Crippen LogP contribution < -0.4 is 10.6 Å². The van der Waals surface area contributed by atoms with Gasteiger partial charge < -0.3 is 19.5 Å². The number of nitrogens with one attached hydrogen (secondary N) is 2. The molecule has 0 amide bonds. The lowest BCUT2D eigenvalue weighted by Gasteiger charge is -2.26. The minimum absolute atomic E-state index is 0.191. The molecule has 1 saturated heterocycles. The van der Waals surface area contributed by atoms with Crippen molar-refractivity contribution < 1.29 is 8.83 Å². The van der Waals surface area contributed by atoms with Gasteiger partial charge in [-0.25, -0.2) is 4.98 Å². The summed E-state index contributed by atoms with van der Waals surface area (Å²) in [6.07, 6.45) is 5.97. The van der Waals surface area contributed by atoms with Gasteiger partial charge in [-0.05, 0) is 45.0 Å². The van der Waals surface area contributed by atoms with E-state index in [9.17, 15) is 0 Å². The molecule has 7 nitrogen and oxygen atoms in total. The first-order chi connectivity index (χ1) is 14.7. The minimum Gasteiger partial charge on any atom is -0.468 e. The quantitative estimate of drug-likeness (QED) is 0.459. The van der Waals surface area contributed by atoms with Gasteiger partial charge in [0.15, 0.2) is 11.7 Å². The van der Waals surface area contributed by atoms with Crippen LogP contribution in [0.2, 0.25) is 0 Å². The highest BCUT2D eigenvalue weighted by Gasteiger charge is 2.25. The van der Waals surface area contributed by atoms with Gasteiger partial charge in [-0.3, -0.25) is 9.89 Å². The predicted octanol–water partition coefficient (Wildman–Crippen LogP) is 3.75. The Labute approximate surface area is 177 Å². The van der Waals surface area contributed by atoms with Crippen molar-refractivity contribution in [2.45, 2.75) is 32.4 Å². The van der Waals surface area contributed by atoms with Gasteiger partial charge in [-0.2, -0.15) is 0 Å². The van der Waals surface area contributed by atoms with Crippen LogP contribution in [0.3, 0.4) is 0 Å². The molecule has 1 atom stereocenters. The number of aromatic nitrogens is 1. The van der Waals surface area contributed by atoms with Gasteiger partial charge in [0.25, 0.3) is 0 Å². The van der Waals surface area contributed by atoms with Crippen LogP contribution >= 0.6 is 0 Å². The van der Waals surface area contributed by atoms with Crippen molar-refractivity contribution in [3.8, 4) is 11.3 Å². The second-order valence-corrected chi connectivity index (χ2v) is 7.57. The summed E-state index contributed by atoms with van der Waals surface area (Å²) in [5.74, 6) is 3.08. The number of aliphatic imine (C=N–C) groups is 1. The molecule has 30 heavy (non-hydrogen) atoms. The Morgan fingerprint density at radius 1 is 1.17 bits per heavy atom. The molecule has 0 saturated carbocycles. The van der Waals surface area contributed by atoms with Crippen LogP contribution in [0.25, 0.3) is 11.3 Å². The molecule has 3 aromatic rings. The highest BCUT2D eigenvalue weighted by atomic mass is 16.4. The molecular weight excluding hydrogens is 378 g/mol. The van der Waals surface area contributed by atoms with Crippen molar-refractivity contribution in [1.29, 1.82) is 0 Å². The van der Waals surface area contributed by atoms with Gasteiger partial charge in [0.2, 0.25) is 5.89 Å². The van der Waals surface area contributed by atoms with Gasteiger partial charge in [0, 0.05) is 19.2 Å². The highest BCUT2D eigenvalue weighted by Crippen LogP contribution is 2.25. The van der Waals surface area contributed by atoms with Crippen molar-refractivity contribution in [3.63, 3.8) is 0 Å². The molecule has 0 spiro atoms. The summed E-state index contributed by atoms with van der Waals surface area (Å²) in [5.41, 5.74) is 2.24. The van der Waals surface area contributed by atoms with E-state index in [1.165, 1.54) is 18.4 Å². The molecule has 1 fully saturated rings. The number of guanidine groups is 1. The first kappa shape index (κ1) is 20.2. The Morgan fingerprint density at radius 3 is 2.67 bits per heavy atom. The van der Waals surface area contributed by atoms with Crippen LogP contribution in [0.1, 0.15) is 36.1 Å². The van der Waals surface area contributed by atoms with Crippen LogP contribution in [0, 0.1) is 6.92 Å². The smallest absolute Gasteiger partial charge is 0.214 e. The summed E-state index contributed by atoms with van der Waals surface area (Å²) in [6, 6.07) is 12.4. The normalized spacial score (nSPS) is 16.0. The summed E-state index contributed by atoms with van der Waals surface area (Å²) in [4.78, 5) is 11.2. The third-order valence-corrected chi connectivity index (χ3v) is 5.44. The third kappa shape index (κ3) is 4.91. The van der Waals surface area contributed by atoms with Gasteiger partial charge >= 0.3 is 0 Å². The van der Waals surface area contributed by atoms with Crippen LogP contribution in [-0.4, -0.2) is 42.5 Å². The largest absolute Gasteiger partial charge is 0.468 e. The number of hydrogen-bond donors (Lipinski definition) is 2. The van der Waals surface area contributed by atoms with Crippen molar-refractivity contribution in [3.05, 3.63) is 66.1 Å². The zero-order valence-corrected chi connectivity index (χ0v) is 17.6. The average Bonchev–Trinajstić information content (AvgIpc) is 3.54. The minimum atomic E-state index is 0.191. The van der Waals surface area contributed by atoms with Crippen molar-refractivity contribution in [2.75, 3.05) is 26.7 Å². The number of oxazole rings is 1. The zero-order valence-electron chi connectivity index (χ0n) is 17.6. The monoisotopic (exact) mass is 407 g/mol. The fourth-order valence-corrected chi connectivity index (χ4v) is 3.76. The van der Waals surface area contributed by atoms with E-state index in [-0.39, 0.29) is 6.04 Å².